The monoisotopic (exact) mass is 307 g/mol. The van der Waals surface area contributed by atoms with Crippen LogP contribution in [0.4, 0.5) is 0 Å². The summed E-state index contributed by atoms with van der Waals surface area (Å²) < 4.78 is 0. The highest BCUT2D eigenvalue weighted by molar-refractivity contribution is 6.30. The van der Waals surface area contributed by atoms with E-state index in [4.69, 9.17) is 11.6 Å². The van der Waals surface area contributed by atoms with Gasteiger partial charge in [-0.25, -0.2) is 0 Å². The summed E-state index contributed by atoms with van der Waals surface area (Å²) in [7, 11) is 0. The van der Waals surface area contributed by atoms with Gasteiger partial charge < -0.3 is 0 Å². The summed E-state index contributed by atoms with van der Waals surface area (Å²) >= 11 is 5.89. The average Bonchev–Trinajstić information content (AvgIpc) is 2.51. The van der Waals surface area contributed by atoms with Crippen molar-refractivity contribution in [3.63, 3.8) is 0 Å². The van der Waals surface area contributed by atoms with Crippen LogP contribution in [0.15, 0.2) is 77.0 Å². The van der Waals surface area contributed by atoms with Crippen LogP contribution < -0.4 is 0 Å². The molecule has 0 saturated carbocycles. The number of nitrogens with zero attached hydrogens (tertiary/aromatic N) is 1. The molecular formula is C19H30ClN. The van der Waals surface area contributed by atoms with E-state index in [1.165, 1.54) is 5.57 Å². The van der Waals surface area contributed by atoms with Gasteiger partial charge in [-0.3, -0.25) is 4.99 Å². The van der Waals surface area contributed by atoms with Gasteiger partial charge in [0.1, 0.15) is 5.16 Å². The largest absolute Gasteiger partial charge is 0.252 e. The average molecular weight is 308 g/mol. The van der Waals surface area contributed by atoms with E-state index >= 15 is 0 Å². The smallest absolute Gasteiger partial charge is 0.132 e. The first-order valence-corrected chi connectivity index (χ1v) is 7.35. The van der Waals surface area contributed by atoms with Gasteiger partial charge in [0, 0.05) is 0 Å². The summed E-state index contributed by atoms with van der Waals surface area (Å²) in [6.07, 6.45) is 9.92. The zero-order valence-electron chi connectivity index (χ0n) is 14.2. The van der Waals surface area contributed by atoms with Crippen molar-refractivity contribution in [2.45, 2.75) is 41.0 Å². The Bertz CT molecular complexity index is 399. The summed E-state index contributed by atoms with van der Waals surface area (Å²) in [5.41, 5.74) is 3.16. The molecule has 118 valence electrons. The highest BCUT2D eigenvalue weighted by atomic mass is 35.5. The second-order valence-corrected chi connectivity index (χ2v) is 4.23. The molecule has 0 heterocycles. The third-order valence-electron chi connectivity index (χ3n) is 2.23. The van der Waals surface area contributed by atoms with E-state index in [1.54, 1.807) is 12.2 Å². The van der Waals surface area contributed by atoms with E-state index < -0.39 is 0 Å². The van der Waals surface area contributed by atoms with Gasteiger partial charge in [0.25, 0.3) is 0 Å². The molecule has 0 rings (SSSR count). The summed E-state index contributed by atoms with van der Waals surface area (Å²) in [5, 5.41) is 0.453. The van der Waals surface area contributed by atoms with E-state index in [0.717, 1.165) is 17.6 Å². The fourth-order valence-corrected chi connectivity index (χ4v) is 1.26. The second kappa shape index (κ2) is 18.4. The highest BCUT2D eigenvalue weighted by Gasteiger charge is 2.04. The molecule has 2 heteroatoms. The van der Waals surface area contributed by atoms with Crippen molar-refractivity contribution in [1.29, 1.82) is 0 Å². The summed E-state index contributed by atoms with van der Waals surface area (Å²) in [4.78, 5) is 3.70. The molecule has 0 fully saturated rings. The summed E-state index contributed by atoms with van der Waals surface area (Å²) in [6, 6.07) is 0. The zero-order chi connectivity index (χ0) is 17.3. The van der Waals surface area contributed by atoms with E-state index in [2.05, 4.69) is 44.4 Å². The van der Waals surface area contributed by atoms with Crippen molar-refractivity contribution in [2.75, 3.05) is 0 Å². The van der Waals surface area contributed by atoms with Crippen LogP contribution in [0.1, 0.15) is 41.0 Å². The molecule has 0 amide bonds. The van der Waals surface area contributed by atoms with Crippen LogP contribution in [0.3, 0.4) is 0 Å². The number of allylic oxidation sites excluding steroid dienone is 8. The standard InChI is InChI=1S/C11H16ClN.C6H8.C2H6/c1-6-9(4)7-10(8(2)3)11(12)13-5;1-3-5-6-4-2;1-2/h6H,2,5,7H2,1,3-4H3;3-6H,1-2H2;1-2H3/b9-6-,11-10-;6-5-;. The van der Waals surface area contributed by atoms with Crippen molar-refractivity contribution in [2.24, 2.45) is 4.99 Å². The van der Waals surface area contributed by atoms with Crippen molar-refractivity contribution < 1.29 is 0 Å². The molecule has 21 heavy (non-hydrogen) atoms. The van der Waals surface area contributed by atoms with Crippen LogP contribution >= 0.6 is 11.6 Å². The first-order valence-electron chi connectivity index (χ1n) is 6.97. The number of hydrogen-bond donors (Lipinski definition) is 0. The minimum absolute atomic E-state index is 0.453. The van der Waals surface area contributed by atoms with Crippen LogP contribution in [-0.4, -0.2) is 6.72 Å². The predicted molar refractivity (Wildman–Crippen MR) is 102 cm³/mol. The van der Waals surface area contributed by atoms with Crippen LogP contribution in [0.2, 0.25) is 0 Å². The third kappa shape index (κ3) is 16.3. The van der Waals surface area contributed by atoms with Crippen molar-refractivity contribution >= 4 is 18.3 Å². The molecule has 0 N–H and O–H groups in total. The molecule has 0 aliphatic carbocycles. The first kappa shape index (κ1) is 24.4. The molecule has 1 nitrogen and oxygen atoms in total. The van der Waals surface area contributed by atoms with Crippen LogP contribution in [0, 0.1) is 0 Å². The Labute approximate surface area is 136 Å². The first-order chi connectivity index (χ1) is 9.94. The zero-order valence-corrected chi connectivity index (χ0v) is 15.0. The summed E-state index contributed by atoms with van der Waals surface area (Å²) in [5.74, 6) is 0. The maximum Gasteiger partial charge on any atom is 0.132 e. The number of hydrogen-bond acceptors (Lipinski definition) is 1. The molecule has 0 aromatic heterocycles. The van der Waals surface area contributed by atoms with Gasteiger partial charge in [0.15, 0.2) is 0 Å². The quantitative estimate of drug-likeness (QED) is 0.216. The predicted octanol–water partition coefficient (Wildman–Crippen LogP) is 7.01. The molecule has 0 aliphatic heterocycles. The minimum atomic E-state index is 0.453. The van der Waals surface area contributed by atoms with Crippen molar-refractivity contribution in [3.8, 4) is 0 Å². The lowest BCUT2D eigenvalue weighted by atomic mass is 10.0. The fraction of sp³-hybridized carbons (Fsp3) is 0.316. The second-order valence-electron chi connectivity index (χ2n) is 3.88. The Balaban J connectivity index is -0.000000339. The van der Waals surface area contributed by atoms with Gasteiger partial charge in [0.2, 0.25) is 0 Å². The van der Waals surface area contributed by atoms with Crippen molar-refractivity contribution in [3.05, 3.63) is 72.0 Å². The van der Waals surface area contributed by atoms with Crippen LogP contribution in [0.5, 0.6) is 0 Å². The number of halogens is 1. The van der Waals surface area contributed by atoms with Gasteiger partial charge in [0.05, 0.1) is 0 Å². The van der Waals surface area contributed by atoms with Gasteiger partial charge in [-0.05, 0) is 39.5 Å². The lowest BCUT2D eigenvalue weighted by Crippen LogP contribution is -1.89. The Morgan fingerprint density at radius 2 is 1.52 bits per heavy atom. The molecule has 0 saturated heterocycles. The SMILES string of the molecule is C=C/C=C\C=C.C=N/C(Cl)=C(/C/C(C)=C\C)C(=C)C.CC. The highest BCUT2D eigenvalue weighted by Crippen LogP contribution is 2.24. The normalized spacial score (nSPS) is 11.2. The Hall–Kier alpha value is -1.60. The molecule has 0 unspecified atom stereocenters. The molecule has 0 aliphatic rings. The van der Waals surface area contributed by atoms with Gasteiger partial charge in [-0.2, -0.15) is 0 Å². The topological polar surface area (TPSA) is 12.4 Å². The molecular weight excluding hydrogens is 278 g/mol. The van der Waals surface area contributed by atoms with E-state index in [-0.39, 0.29) is 0 Å². The summed E-state index contributed by atoms with van der Waals surface area (Å²) in [6.45, 7) is 24.2. The maximum atomic E-state index is 5.89. The lowest BCUT2D eigenvalue weighted by molar-refractivity contribution is 1.09. The number of aliphatic imine (C=N–C) groups is 1. The van der Waals surface area contributed by atoms with Crippen LogP contribution in [0.25, 0.3) is 0 Å². The van der Waals surface area contributed by atoms with Crippen molar-refractivity contribution in [1.82, 2.24) is 0 Å². The Kier molecular flexibility index (Phi) is 21.4. The van der Waals surface area contributed by atoms with E-state index in [0.29, 0.717) is 5.16 Å². The maximum absolute atomic E-state index is 5.89. The fourth-order valence-electron chi connectivity index (χ4n) is 1.03. The third-order valence-corrected chi connectivity index (χ3v) is 2.58. The van der Waals surface area contributed by atoms with Gasteiger partial charge in [-0.1, -0.05) is 86.7 Å². The van der Waals surface area contributed by atoms with E-state index in [9.17, 15) is 0 Å². The Morgan fingerprint density at radius 3 is 1.76 bits per heavy atom. The van der Waals surface area contributed by atoms with Gasteiger partial charge >= 0.3 is 0 Å². The minimum Gasteiger partial charge on any atom is -0.252 e. The van der Waals surface area contributed by atoms with Gasteiger partial charge in [-0.15, -0.1) is 0 Å². The molecule has 0 spiro atoms. The molecule has 0 atom stereocenters. The van der Waals surface area contributed by atoms with E-state index in [1.807, 2.05) is 39.8 Å². The molecule has 0 bridgehead atoms. The van der Waals surface area contributed by atoms with Crippen LogP contribution in [-0.2, 0) is 0 Å². The lowest BCUT2D eigenvalue weighted by Gasteiger charge is -2.07. The molecule has 0 aromatic rings. The Morgan fingerprint density at radius 1 is 1.10 bits per heavy atom. The molecule has 0 aromatic carbocycles. The number of rotatable bonds is 6. The molecule has 0 radical (unpaired) electrons.